The summed E-state index contributed by atoms with van der Waals surface area (Å²) in [5.41, 5.74) is 9.34. The maximum Gasteiger partial charge on any atom is 0.269 e. The standard InChI is InChI=1S/C20H21N4O2PS/c1-2-6-13-7-4-3-5-8-16(13)17(27)18-19(21)23-20(28-18)22-14-9-11-15(12-10-14)24(25)26/h3-4,7-12,27H,2,5-6,21H2,1H3,(H,22,23). The smallest absolute Gasteiger partial charge is 0.269 e. The average Bonchev–Trinajstić information content (AvgIpc) is 2.88. The van der Waals surface area contributed by atoms with Crippen LogP contribution in [0.4, 0.5) is 22.3 Å². The number of nitro benzene ring substituents is 1. The maximum atomic E-state index is 10.8. The molecule has 0 spiro atoms. The first-order valence-electron chi connectivity index (χ1n) is 8.93. The molecular weight excluding hydrogens is 391 g/mol. The Hall–Kier alpha value is -2.76. The molecule has 2 aromatic rings. The molecule has 8 heteroatoms. The number of hydrogen-bond donors (Lipinski definition) is 2. The lowest BCUT2D eigenvalue weighted by molar-refractivity contribution is -0.384. The average molecular weight is 412 g/mol. The van der Waals surface area contributed by atoms with Crippen molar-refractivity contribution in [3.63, 3.8) is 0 Å². The minimum Gasteiger partial charge on any atom is -0.382 e. The van der Waals surface area contributed by atoms with Gasteiger partial charge in [-0.3, -0.25) is 10.1 Å². The molecule has 144 valence electrons. The summed E-state index contributed by atoms with van der Waals surface area (Å²) in [6.45, 7) is 2.16. The number of nitrogens with two attached hydrogens (primary N) is 1. The molecule has 0 unspecified atom stereocenters. The molecule has 1 aromatic carbocycles. The number of rotatable bonds is 7. The molecular formula is C20H21N4O2PS. The number of non-ortho nitro benzene ring substituents is 1. The topological polar surface area (TPSA) is 94.1 Å². The number of allylic oxidation sites excluding steroid dienone is 6. The van der Waals surface area contributed by atoms with Gasteiger partial charge in [0.2, 0.25) is 0 Å². The Labute approximate surface area is 169 Å². The molecule has 0 atom stereocenters. The lowest BCUT2D eigenvalue weighted by Gasteiger charge is -2.12. The Balaban J connectivity index is 1.82. The van der Waals surface area contributed by atoms with E-state index in [0.29, 0.717) is 16.6 Å². The van der Waals surface area contributed by atoms with E-state index >= 15 is 0 Å². The summed E-state index contributed by atoms with van der Waals surface area (Å²) < 4.78 is 0. The van der Waals surface area contributed by atoms with Crippen molar-refractivity contribution in [1.82, 2.24) is 4.98 Å². The molecule has 0 fully saturated rings. The third-order valence-electron chi connectivity index (χ3n) is 4.24. The van der Waals surface area contributed by atoms with E-state index in [1.807, 2.05) is 0 Å². The van der Waals surface area contributed by atoms with Crippen molar-refractivity contribution in [2.75, 3.05) is 11.1 Å². The molecule has 3 rings (SSSR count). The number of hydrogen-bond acceptors (Lipinski definition) is 6. The molecule has 1 aliphatic rings. The molecule has 1 aromatic heterocycles. The van der Waals surface area contributed by atoms with Crippen LogP contribution in [0.25, 0.3) is 0 Å². The van der Waals surface area contributed by atoms with Gasteiger partial charge < -0.3 is 11.1 Å². The van der Waals surface area contributed by atoms with Crippen LogP contribution in [0, 0.1) is 10.1 Å². The normalized spacial score (nSPS) is 13.5. The van der Waals surface area contributed by atoms with Crippen molar-refractivity contribution in [2.24, 2.45) is 0 Å². The number of aromatic nitrogens is 1. The van der Waals surface area contributed by atoms with Crippen LogP contribution in [0.2, 0.25) is 0 Å². The van der Waals surface area contributed by atoms with E-state index in [-0.39, 0.29) is 5.69 Å². The number of nitro groups is 1. The third-order valence-corrected chi connectivity index (χ3v) is 5.94. The van der Waals surface area contributed by atoms with E-state index in [4.69, 9.17) is 5.73 Å². The van der Waals surface area contributed by atoms with Gasteiger partial charge in [-0.1, -0.05) is 49.0 Å². The van der Waals surface area contributed by atoms with Gasteiger partial charge in [-0.15, -0.1) is 8.86 Å². The van der Waals surface area contributed by atoms with E-state index < -0.39 is 4.92 Å². The van der Waals surface area contributed by atoms with E-state index in [9.17, 15) is 10.1 Å². The molecule has 0 bridgehead atoms. The quantitative estimate of drug-likeness (QED) is 0.348. The van der Waals surface area contributed by atoms with Crippen LogP contribution in [0.3, 0.4) is 0 Å². The highest BCUT2D eigenvalue weighted by Crippen LogP contribution is 2.34. The zero-order valence-corrected chi connectivity index (χ0v) is 17.3. The summed E-state index contributed by atoms with van der Waals surface area (Å²) in [7, 11) is 3.80. The van der Waals surface area contributed by atoms with Gasteiger partial charge in [-0.2, -0.15) is 0 Å². The Morgan fingerprint density at radius 2 is 2.14 bits per heavy atom. The summed E-state index contributed by atoms with van der Waals surface area (Å²) in [5, 5.41) is 15.5. The second-order valence-electron chi connectivity index (χ2n) is 6.26. The van der Waals surface area contributed by atoms with E-state index in [1.54, 1.807) is 12.1 Å². The van der Waals surface area contributed by atoms with Gasteiger partial charge in [0, 0.05) is 23.1 Å². The number of benzene rings is 1. The van der Waals surface area contributed by atoms with Crippen molar-refractivity contribution < 1.29 is 4.92 Å². The second kappa shape index (κ2) is 8.95. The van der Waals surface area contributed by atoms with Gasteiger partial charge in [0.1, 0.15) is 5.82 Å². The summed E-state index contributed by atoms with van der Waals surface area (Å²) in [6.07, 6.45) is 11.5. The molecule has 3 N–H and O–H groups in total. The first kappa shape index (κ1) is 20.0. The van der Waals surface area contributed by atoms with Gasteiger partial charge in [0.15, 0.2) is 5.13 Å². The van der Waals surface area contributed by atoms with Crippen molar-refractivity contribution >= 4 is 47.8 Å². The SMILES string of the molecule is CCCC1=CC=CCC=C1C(=P)c1sc(Nc2ccc([N+](=O)[O-])cc2)nc1N. The van der Waals surface area contributed by atoms with Gasteiger partial charge >= 0.3 is 0 Å². The first-order valence-corrected chi connectivity index (χ1v) is 10.2. The first-order chi connectivity index (χ1) is 13.5. The lowest BCUT2D eigenvalue weighted by Crippen LogP contribution is -2.05. The fourth-order valence-corrected chi connectivity index (χ4v) is 4.31. The zero-order valence-electron chi connectivity index (χ0n) is 15.4. The van der Waals surface area contributed by atoms with Crippen molar-refractivity contribution in [1.29, 1.82) is 0 Å². The summed E-state index contributed by atoms with van der Waals surface area (Å²) in [4.78, 5) is 15.6. The van der Waals surface area contributed by atoms with Crippen LogP contribution >= 0.6 is 20.2 Å². The summed E-state index contributed by atoms with van der Waals surface area (Å²) in [5.74, 6) is 0.438. The fraction of sp³-hybridized carbons (Fsp3) is 0.200. The Kier molecular flexibility index (Phi) is 6.39. The molecule has 0 aliphatic heterocycles. The molecule has 6 nitrogen and oxygen atoms in total. The van der Waals surface area contributed by atoms with E-state index in [0.717, 1.165) is 35.0 Å². The van der Waals surface area contributed by atoms with Crippen LogP contribution in [-0.4, -0.2) is 15.2 Å². The third kappa shape index (κ3) is 4.55. The van der Waals surface area contributed by atoms with Gasteiger partial charge in [0.05, 0.1) is 9.80 Å². The second-order valence-corrected chi connectivity index (χ2v) is 7.76. The Bertz CT molecular complexity index is 990. The predicted octanol–water partition coefficient (Wildman–Crippen LogP) is 5.65. The molecule has 1 heterocycles. The maximum absolute atomic E-state index is 10.8. The summed E-state index contributed by atoms with van der Waals surface area (Å²) in [6, 6.07) is 6.20. The highest BCUT2D eigenvalue weighted by Gasteiger charge is 2.18. The van der Waals surface area contributed by atoms with Crippen LogP contribution in [0.1, 0.15) is 31.1 Å². The summed E-state index contributed by atoms with van der Waals surface area (Å²) >= 11 is 1.44. The highest BCUT2D eigenvalue weighted by atomic mass is 32.1. The molecule has 0 saturated carbocycles. The van der Waals surface area contributed by atoms with Crippen molar-refractivity contribution in [2.45, 2.75) is 26.2 Å². The fourth-order valence-electron chi connectivity index (χ4n) is 2.90. The molecule has 0 saturated heterocycles. The highest BCUT2D eigenvalue weighted by molar-refractivity contribution is 7.29. The lowest BCUT2D eigenvalue weighted by atomic mass is 9.97. The van der Waals surface area contributed by atoms with Gasteiger partial charge in [-0.25, -0.2) is 4.98 Å². The minimum atomic E-state index is -0.425. The predicted molar refractivity (Wildman–Crippen MR) is 120 cm³/mol. The largest absolute Gasteiger partial charge is 0.382 e. The van der Waals surface area contributed by atoms with Crippen LogP contribution in [0.15, 0.2) is 59.7 Å². The number of nitrogens with one attached hydrogen (secondary N) is 1. The zero-order chi connectivity index (χ0) is 20.1. The van der Waals surface area contributed by atoms with Crippen LogP contribution in [-0.2, 0) is 0 Å². The molecule has 1 aliphatic carbocycles. The van der Waals surface area contributed by atoms with Gasteiger partial charge in [0.25, 0.3) is 5.69 Å². The number of nitrogen functional groups attached to an aromatic ring is 1. The van der Waals surface area contributed by atoms with Crippen LogP contribution in [0.5, 0.6) is 0 Å². The monoisotopic (exact) mass is 412 g/mol. The number of anilines is 3. The molecule has 28 heavy (non-hydrogen) atoms. The van der Waals surface area contributed by atoms with Crippen LogP contribution < -0.4 is 11.1 Å². The number of nitrogens with zero attached hydrogens (tertiary/aromatic N) is 2. The minimum absolute atomic E-state index is 0.0461. The van der Waals surface area contributed by atoms with Crippen molar-refractivity contribution in [3.8, 4) is 0 Å². The van der Waals surface area contributed by atoms with Crippen molar-refractivity contribution in [3.05, 3.63) is 74.7 Å². The van der Waals surface area contributed by atoms with E-state index in [2.05, 4.69) is 50.4 Å². The number of thiazole rings is 1. The molecule has 0 amide bonds. The Morgan fingerprint density at radius 3 is 2.82 bits per heavy atom. The molecule has 0 radical (unpaired) electrons. The van der Waals surface area contributed by atoms with Gasteiger partial charge in [-0.05, 0) is 36.1 Å². The Morgan fingerprint density at radius 1 is 1.39 bits per heavy atom. The van der Waals surface area contributed by atoms with E-state index in [1.165, 1.54) is 29.0 Å².